The van der Waals surface area contributed by atoms with Crippen LogP contribution in [-0.4, -0.2) is 16.3 Å². The number of aliphatic hydroxyl groups is 1. The summed E-state index contributed by atoms with van der Waals surface area (Å²) in [5.74, 6) is 5.69. The molecule has 0 aromatic heterocycles. The summed E-state index contributed by atoms with van der Waals surface area (Å²) in [4.78, 5) is 4.24. The number of hydrogen-bond acceptors (Lipinski definition) is 6. The van der Waals surface area contributed by atoms with Crippen molar-refractivity contribution < 1.29 is 9.50 Å². The van der Waals surface area contributed by atoms with E-state index < -0.39 is 11.9 Å². The monoisotopic (exact) mass is 399 g/mol. The van der Waals surface area contributed by atoms with E-state index in [4.69, 9.17) is 17.3 Å². The maximum Gasteiger partial charge on any atom is 0.123 e. The first-order valence-electron chi connectivity index (χ1n) is 7.39. The van der Waals surface area contributed by atoms with Crippen LogP contribution in [0.25, 0.3) is 0 Å². The van der Waals surface area contributed by atoms with E-state index in [1.54, 1.807) is 0 Å². The smallest absolute Gasteiger partial charge is 0.123 e. The van der Waals surface area contributed by atoms with E-state index in [1.807, 2.05) is 6.92 Å². The fourth-order valence-electron chi connectivity index (χ4n) is 2.09. The molecule has 1 aromatic carbocycles. The van der Waals surface area contributed by atoms with E-state index in [9.17, 15) is 9.50 Å². The second-order valence-electron chi connectivity index (χ2n) is 5.04. The lowest BCUT2D eigenvalue weighted by atomic mass is 10.1. The molecule has 0 saturated heterocycles. The standard InChI is InChI=1S/C16H23BrFN5O/c1-3-22-16(17)11(8-19)6-13(9-20)23(21)15-5-4-12(18)7-14(15)10(2)24/h4-5,7-10,24H,3,6,19-21H2,1-2H3/b11-8?,13-9-,22-16?. The third-order valence-corrected chi connectivity index (χ3v) is 4.10. The fraction of sp³-hybridized carbons (Fsp3) is 0.312. The highest BCUT2D eigenvalue weighted by atomic mass is 79.9. The summed E-state index contributed by atoms with van der Waals surface area (Å²) in [7, 11) is 0. The van der Waals surface area contributed by atoms with E-state index in [-0.39, 0.29) is 0 Å². The number of nitrogens with zero attached hydrogens (tertiary/aromatic N) is 2. The zero-order valence-corrected chi connectivity index (χ0v) is 15.3. The van der Waals surface area contributed by atoms with Crippen molar-refractivity contribution in [2.75, 3.05) is 11.6 Å². The van der Waals surface area contributed by atoms with Gasteiger partial charge in [-0.3, -0.25) is 10.0 Å². The first-order chi connectivity index (χ1) is 11.3. The summed E-state index contributed by atoms with van der Waals surface area (Å²) in [5, 5.41) is 11.2. The third kappa shape index (κ3) is 5.05. The Labute approximate surface area is 149 Å². The molecule has 1 rings (SSSR count). The quantitative estimate of drug-likeness (QED) is 0.319. The molecule has 0 fully saturated rings. The second-order valence-corrected chi connectivity index (χ2v) is 5.79. The van der Waals surface area contributed by atoms with Gasteiger partial charge in [0.05, 0.1) is 17.5 Å². The molecule has 1 unspecified atom stereocenters. The van der Waals surface area contributed by atoms with Gasteiger partial charge in [0.1, 0.15) is 10.4 Å². The Balaban J connectivity index is 3.17. The van der Waals surface area contributed by atoms with Crippen LogP contribution in [0.15, 0.2) is 46.9 Å². The molecule has 0 amide bonds. The summed E-state index contributed by atoms with van der Waals surface area (Å²) in [6, 6.07) is 3.99. The largest absolute Gasteiger partial charge is 0.404 e. The van der Waals surface area contributed by atoms with Gasteiger partial charge in [0, 0.05) is 36.5 Å². The number of aliphatic hydroxyl groups excluding tert-OH is 1. The molecule has 6 nitrogen and oxygen atoms in total. The van der Waals surface area contributed by atoms with Crippen LogP contribution in [0.4, 0.5) is 10.1 Å². The molecule has 0 aliphatic heterocycles. The van der Waals surface area contributed by atoms with Crippen LogP contribution in [0, 0.1) is 5.82 Å². The Hall–Kier alpha value is -1.90. The van der Waals surface area contributed by atoms with Gasteiger partial charge in [-0.15, -0.1) is 0 Å². The van der Waals surface area contributed by atoms with Gasteiger partial charge in [0.15, 0.2) is 0 Å². The number of rotatable bonds is 7. The second kappa shape index (κ2) is 9.41. The molecular formula is C16H23BrFN5O. The Morgan fingerprint density at radius 3 is 2.58 bits per heavy atom. The highest BCUT2D eigenvalue weighted by Crippen LogP contribution is 2.29. The summed E-state index contributed by atoms with van der Waals surface area (Å²) in [5.41, 5.74) is 13.4. The van der Waals surface area contributed by atoms with Crippen LogP contribution in [0.1, 0.15) is 31.9 Å². The molecule has 0 spiro atoms. The molecule has 0 bridgehead atoms. The molecule has 1 atom stereocenters. The van der Waals surface area contributed by atoms with Crippen LogP contribution in [0.2, 0.25) is 0 Å². The van der Waals surface area contributed by atoms with Crippen LogP contribution in [0.3, 0.4) is 0 Å². The first-order valence-corrected chi connectivity index (χ1v) is 8.19. The number of hydrogen-bond donors (Lipinski definition) is 4. The lowest BCUT2D eigenvalue weighted by Gasteiger charge is -2.26. The predicted molar refractivity (Wildman–Crippen MR) is 99.8 cm³/mol. The van der Waals surface area contributed by atoms with Crippen LogP contribution < -0.4 is 22.3 Å². The van der Waals surface area contributed by atoms with Crippen molar-refractivity contribution in [1.82, 2.24) is 0 Å². The van der Waals surface area contributed by atoms with Crippen molar-refractivity contribution in [3.05, 3.63) is 53.2 Å². The van der Waals surface area contributed by atoms with Crippen LogP contribution in [0.5, 0.6) is 0 Å². The number of aliphatic imine (C=N–C) groups is 1. The van der Waals surface area contributed by atoms with E-state index in [0.29, 0.717) is 40.1 Å². The number of hydrazine groups is 1. The Kier molecular flexibility index (Phi) is 7.90. The molecular weight excluding hydrogens is 377 g/mol. The Morgan fingerprint density at radius 2 is 2.08 bits per heavy atom. The van der Waals surface area contributed by atoms with Gasteiger partial charge in [0.25, 0.3) is 0 Å². The van der Waals surface area contributed by atoms with E-state index in [2.05, 4.69) is 20.9 Å². The topological polar surface area (TPSA) is 114 Å². The van der Waals surface area contributed by atoms with Gasteiger partial charge in [-0.25, -0.2) is 10.2 Å². The lowest BCUT2D eigenvalue weighted by Crippen LogP contribution is -2.32. The number of halogens is 2. The van der Waals surface area contributed by atoms with Gasteiger partial charge in [-0.2, -0.15) is 0 Å². The Morgan fingerprint density at radius 1 is 1.42 bits per heavy atom. The molecule has 0 heterocycles. The van der Waals surface area contributed by atoms with E-state index in [1.165, 1.54) is 42.5 Å². The van der Waals surface area contributed by atoms with Crippen molar-refractivity contribution in [2.45, 2.75) is 26.4 Å². The number of nitrogens with two attached hydrogens (primary N) is 3. The average Bonchev–Trinajstić information content (AvgIpc) is 2.55. The summed E-state index contributed by atoms with van der Waals surface area (Å²) >= 11 is 3.36. The maximum atomic E-state index is 13.5. The molecule has 1 aromatic rings. The zero-order chi connectivity index (χ0) is 18.3. The molecule has 0 aliphatic rings. The highest BCUT2D eigenvalue weighted by molar-refractivity contribution is 9.18. The van der Waals surface area contributed by atoms with Gasteiger partial charge in [-0.05, 0) is 48.0 Å². The molecule has 0 radical (unpaired) electrons. The predicted octanol–water partition coefficient (Wildman–Crippen LogP) is 2.41. The van der Waals surface area contributed by atoms with Gasteiger partial charge < -0.3 is 16.6 Å². The average molecular weight is 400 g/mol. The Bertz CT molecular complexity index is 658. The van der Waals surface area contributed by atoms with E-state index in [0.717, 1.165) is 0 Å². The molecule has 7 N–H and O–H groups in total. The van der Waals surface area contributed by atoms with Gasteiger partial charge >= 0.3 is 0 Å². The van der Waals surface area contributed by atoms with Crippen molar-refractivity contribution in [2.24, 2.45) is 22.3 Å². The molecule has 8 heteroatoms. The third-order valence-electron chi connectivity index (χ3n) is 3.34. The molecule has 0 aliphatic carbocycles. The van der Waals surface area contributed by atoms with Crippen molar-refractivity contribution >= 4 is 26.2 Å². The SMILES string of the molecule is CCN=C(Br)C(=CN)C/C(=C/N)N(N)c1ccc(F)cc1C(C)O. The van der Waals surface area contributed by atoms with Crippen LogP contribution in [-0.2, 0) is 0 Å². The summed E-state index contributed by atoms with van der Waals surface area (Å²) in [6.45, 7) is 4.03. The zero-order valence-electron chi connectivity index (χ0n) is 13.7. The van der Waals surface area contributed by atoms with Gasteiger partial charge in [0.2, 0.25) is 0 Å². The minimum Gasteiger partial charge on any atom is -0.404 e. The fourth-order valence-corrected chi connectivity index (χ4v) is 2.62. The van der Waals surface area contributed by atoms with Crippen molar-refractivity contribution in [3.8, 4) is 0 Å². The highest BCUT2D eigenvalue weighted by Gasteiger charge is 2.18. The maximum absolute atomic E-state index is 13.5. The van der Waals surface area contributed by atoms with Crippen LogP contribution >= 0.6 is 15.9 Å². The van der Waals surface area contributed by atoms with Crippen molar-refractivity contribution in [3.63, 3.8) is 0 Å². The first kappa shape index (κ1) is 20.1. The molecule has 0 saturated carbocycles. The summed E-state index contributed by atoms with van der Waals surface area (Å²) in [6.07, 6.45) is 2.18. The minimum atomic E-state index is -0.890. The van der Waals surface area contributed by atoms with E-state index >= 15 is 0 Å². The molecule has 132 valence electrons. The number of benzene rings is 1. The number of allylic oxidation sites excluding steroid dienone is 1. The normalized spacial score (nSPS) is 14.7. The van der Waals surface area contributed by atoms with Gasteiger partial charge in [-0.1, -0.05) is 0 Å². The number of anilines is 1. The molecule has 24 heavy (non-hydrogen) atoms. The summed E-state index contributed by atoms with van der Waals surface area (Å²) < 4.78 is 14.1. The van der Waals surface area contributed by atoms with Crippen molar-refractivity contribution in [1.29, 1.82) is 0 Å². The lowest BCUT2D eigenvalue weighted by molar-refractivity contribution is 0.199. The minimum absolute atomic E-state index is 0.310.